The molecule has 1 aromatic carbocycles. The molecule has 0 aliphatic carbocycles. The Morgan fingerprint density at radius 2 is 2.05 bits per heavy atom. The number of benzene rings is 1. The van der Waals surface area contributed by atoms with Crippen molar-refractivity contribution in [2.45, 2.75) is 13.5 Å². The minimum absolute atomic E-state index is 0.0908. The Hall–Kier alpha value is -2.22. The van der Waals surface area contributed by atoms with Gasteiger partial charge < -0.3 is 10.8 Å². The van der Waals surface area contributed by atoms with Crippen LogP contribution in [0.15, 0.2) is 16.9 Å². The number of aryl methyl sites for hydroxylation is 1. The SMILES string of the molecule is Cc1nc(-c2cc(N)c(O)cc2F)c(Cl)c(=O)n1C(F)F. The number of nitrogens with zero attached hydrogens (tertiary/aromatic N) is 2. The molecule has 0 amide bonds. The van der Waals surface area contributed by atoms with Crippen molar-refractivity contribution >= 4 is 17.3 Å². The van der Waals surface area contributed by atoms with E-state index in [1.54, 1.807) is 0 Å². The number of nitrogen functional groups attached to an aromatic ring is 1. The molecule has 0 aliphatic heterocycles. The van der Waals surface area contributed by atoms with Crippen LogP contribution in [0.5, 0.6) is 5.75 Å². The zero-order valence-electron chi connectivity index (χ0n) is 10.6. The van der Waals surface area contributed by atoms with E-state index < -0.39 is 28.7 Å². The molecule has 5 nitrogen and oxygen atoms in total. The quantitative estimate of drug-likeness (QED) is 0.658. The molecule has 1 aromatic heterocycles. The summed E-state index contributed by atoms with van der Waals surface area (Å²) >= 11 is 5.71. The van der Waals surface area contributed by atoms with Gasteiger partial charge in [-0.2, -0.15) is 8.78 Å². The third-order valence-corrected chi connectivity index (χ3v) is 3.14. The van der Waals surface area contributed by atoms with Crippen LogP contribution in [-0.2, 0) is 0 Å². The van der Waals surface area contributed by atoms with E-state index in [1.807, 2.05) is 0 Å². The van der Waals surface area contributed by atoms with Crippen LogP contribution in [-0.4, -0.2) is 14.7 Å². The lowest BCUT2D eigenvalue weighted by Crippen LogP contribution is -2.25. The van der Waals surface area contributed by atoms with Crippen molar-refractivity contribution in [2.24, 2.45) is 0 Å². The lowest BCUT2D eigenvalue weighted by Gasteiger charge is -2.12. The summed E-state index contributed by atoms with van der Waals surface area (Å²) in [4.78, 5) is 15.5. The first kappa shape index (κ1) is 15.2. The van der Waals surface area contributed by atoms with Gasteiger partial charge in [0.05, 0.1) is 11.4 Å². The summed E-state index contributed by atoms with van der Waals surface area (Å²) in [5.74, 6) is -1.77. The highest BCUT2D eigenvalue weighted by molar-refractivity contribution is 6.32. The van der Waals surface area contributed by atoms with E-state index in [1.165, 1.54) is 0 Å². The van der Waals surface area contributed by atoms with Gasteiger partial charge in [-0.3, -0.25) is 4.79 Å². The van der Waals surface area contributed by atoms with E-state index in [0.29, 0.717) is 0 Å². The van der Waals surface area contributed by atoms with E-state index in [0.717, 1.165) is 19.1 Å². The largest absolute Gasteiger partial charge is 0.506 e. The number of phenolic OH excluding ortho intramolecular Hbond substituents is 1. The van der Waals surface area contributed by atoms with Crippen LogP contribution in [0.4, 0.5) is 18.9 Å². The number of hydrogen-bond acceptors (Lipinski definition) is 4. The molecular formula is C12H9ClF3N3O2. The second-order valence-electron chi connectivity index (χ2n) is 4.17. The molecule has 0 bridgehead atoms. The first-order valence-corrected chi connectivity index (χ1v) is 5.97. The van der Waals surface area contributed by atoms with Gasteiger partial charge in [0.15, 0.2) is 0 Å². The van der Waals surface area contributed by atoms with Gasteiger partial charge in [0, 0.05) is 11.6 Å². The minimum atomic E-state index is -3.12. The maximum Gasteiger partial charge on any atom is 0.322 e. The Morgan fingerprint density at radius 1 is 1.43 bits per heavy atom. The maximum atomic E-state index is 13.8. The number of nitrogens with two attached hydrogens (primary N) is 1. The molecule has 21 heavy (non-hydrogen) atoms. The Labute approximate surface area is 121 Å². The highest BCUT2D eigenvalue weighted by atomic mass is 35.5. The Kier molecular flexibility index (Phi) is 3.82. The van der Waals surface area contributed by atoms with Crippen LogP contribution in [0.1, 0.15) is 12.4 Å². The monoisotopic (exact) mass is 319 g/mol. The Bertz CT molecular complexity index is 777. The van der Waals surface area contributed by atoms with Gasteiger partial charge >= 0.3 is 6.55 Å². The van der Waals surface area contributed by atoms with Gasteiger partial charge in [0.25, 0.3) is 5.56 Å². The van der Waals surface area contributed by atoms with Crippen molar-refractivity contribution in [1.29, 1.82) is 0 Å². The molecule has 9 heteroatoms. The normalized spacial score (nSPS) is 11.1. The van der Waals surface area contributed by atoms with Gasteiger partial charge in [-0.1, -0.05) is 11.6 Å². The second-order valence-corrected chi connectivity index (χ2v) is 4.54. The smallest absolute Gasteiger partial charge is 0.322 e. The minimum Gasteiger partial charge on any atom is -0.506 e. The topological polar surface area (TPSA) is 81.1 Å². The fourth-order valence-corrected chi connectivity index (χ4v) is 2.02. The molecule has 2 aromatic rings. The third-order valence-electron chi connectivity index (χ3n) is 2.80. The first-order chi connectivity index (χ1) is 9.73. The van der Waals surface area contributed by atoms with E-state index in [4.69, 9.17) is 17.3 Å². The summed E-state index contributed by atoms with van der Waals surface area (Å²) in [6, 6.07) is 1.74. The van der Waals surface area contributed by atoms with Crippen molar-refractivity contribution in [2.75, 3.05) is 5.73 Å². The molecule has 0 aliphatic rings. The van der Waals surface area contributed by atoms with Crippen LogP contribution in [0.3, 0.4) is 0 Å². The van der Waals surface area contributed by atoms with E-state index in [-0.39, 0.29) is 27.3 Å². The predicted molar refractivity (Wildman–Crippen MR) is 71.0 cm³/mol. The number of halogens is 4. The van der Waals surface area contributed by atoms with Crippen LogP contribution in [0.2, 0.25) is 5.02 Å². The average molecular weight is 320 g/mol. The first-order valence-electron chi connectivity index (χ1n) is 5.59. The van der Waals surface area contributed by atoms with E-state index in [2.05, 4.69) is 4.98 Å². The number of alkyl halides is 2. The van der Waals surface area contributed by atoms with Crippen LogP contribution >= 0.6 is 11.6 Å². The van der Waals surface area contributed by atoms with Crippen molar-refractivity contribution in [3.63, 3.8) is 0 Å². The highest BCUT2D eigenvalue weighted by Crippen LogP contribution is 2.32. The van der Waals surface area contributed by atoms with Gasteiger partial charge in [-0.05, 0) is 13.0 Å². The number of anilines is 1. The summed E-state index contributed by atoms with van der Waals surface area (Å²) in [6.45, 7) is -1.96. The lowest BCUT2D eigenvalue weighted by molar-refractivity contribution is 0.0628. The zero-order valence-corrected chi connectivity index (χ0v) is 11.3. The van der Waals surface area contributed by atoms with Crippen LogP contribution in [0.25, 0.3) is 11.3 Å². The Morgan fingerprint density at radius 3 is 2.62 bits per heavy atom. The molecule has 0 atom stereocenters. The number of aromatic nitrogens is 2. The molecule has 0 radical (unpaired) electrons. The molecule has 112 valence electrons. The van der Waals surface area contributed by atoms with Crippen molar-refractivity contribution in [1.82, 2.24) is 9.55 Å². The molecule has 0 saturated heterocycles. The molecule has 0 spiro atoms. The fourth-order valence-electron chi connectivity index (χ4n) is 1.79. The van der Waals surface area contributed by atoms with E-state index in [9.17, 15) is 23.1 Å². The number of hydrogen-bond donors (Lipinski definition) is 2. The average Bonchev–Trinajstić information content (AvgIpc) is 2.38. The molecule has 0 saturated carbocycles. The molecule has 0 fully saturated rings. The summed E-state index contributed by atoms with van der Waals surface area (Å²) in [7, 11) is 0. The van der Waals surface area contributed by atoms with Gasteiger partial charge in [0.1, 0.15) is 22.4 Å². The van der Waals surface area contributed by atoms with Crippen molar-refractivity contribution in [3.05, 3.63) is 39.2 Å². The summed E-state index contributed by atoms with van der Waals surface area (Å²) in [6.07, 6.45) is 0. The second kappa shape index (κ2) is 5.28. The van der Waals surface area contributed by atoms with Crippen LogP contribution < -0.4 is 11.3 Å². The molecule has 0 unspecified atom stereocenters. The molecular weight excluding hydrogens is 311 g/mol. The predicted octanol–water partition coefficient (Wildman–Crippen LogP) is 2.69. The van der Waals surface area contributed by atoms with Gasteiger partial charge in [0.2, 0.25) is 0 Å². The standard InChI is InChI=1S/C12H9ClF3N3O2/c1-4-18-10(9(13)11(21)19(4)12(15)16)5-2-7(17)8(20)3-6(5)14/h2-3,12,20H,17H2,1H3. The Balaban J connectivity index is 2.78. The van der Waals surface area contributed by atoms with E-state index >= 15 is 0 Å². The highest BCUT2D eigenvalue weighted by Gasteiger charge is 2.21. The molecule has 3 N–H and O–H groups in total. The maximum absolute atomic E-state index is 13.8. The summed E-state index contributed by atoms with van der Waals surface area (Å²) < 4.78 is 39.4. The summed E-state index contributed by atoms with van der Waals surface area (Å²) in [5.41, 5.74) is 3.49. The number of phenols is 1. The lowest BCUT2D eigenvalue weighted by atomic mass is 10.1. The third kappa shape index (κ3) is 2.54. The number of rotatable bonds is 2. The van der Waals surface area contributed by atoms with Gasteiger partial charge in [-0.15, -0.1) is 0 Å². The van der Waals surface area contributed by atoms with Crippen LogP contribution in [0, 0.1) is 12.7 Å². The zero-order chi connectivity index (χ0) is 15.9. The fraction of sp³-hybridized carbons (Fsp3) is 0.167. The summed E-state index contributed by atoms with van der Waals surface area (Å²) in [5, 5.41) is 8.62. The van der Waals surface area contributed by atoms with Crippen molar-refractivity contribution < 1.29 is 18.3 Å². The molecule has 1 heterocycles. The number of aromatic hydroxyl groups is 1. The molecule has 2 rings (SSSR count). The van der Waals surface area contributed by atoms with Gasteiger partial charge in [-0.25, -0.2) is 13.9 Å². The van der Waals surface area contributed by atoms with Crippen molar-refractivity contribution in [3.8, 4) is 17.0 Å².